The minimum absolute atomic E-state index is 0.282. The standard InChI is InChI=1S/C16H27NO/c1-4-6-7-8-12-17-15-10-9-11-16(13-15)18-14(3)5-2/h9-11,13-14,17H,4-8,12H2,1-3H3. The van der Waals surface area contributed by atoms with Crippen LogP contribution in [0.5, 0.6) is 5.75 Å². The van der Waals surface area contributed by atoms with E-state index in [0.29, 0.717) is 0 Å². The molecule has 0 saturated carbocycles. The first-order valence-electron chi connectivity index (χ1n) is 7.26. The van der Waals surface area contributed by atoms with E-state index in [1.807, 2.05) is 12.1 Å². The second kappa shape index (κ2) is 8.84. The Morgan fingerprint density at radius 1 is 1.17 bits per heavy atom. The second-order valence-corrected chi connectivity index (χ2v) is 4.85. The van der Waals surface area contributed by atoms with Gasteiger partial charge in [0.15, 0.2) is 0 Å². The topological polar surface area (TPSA) is 21.3 Å². The van der Waals surface area contributed by atoms with Crippen molar-refractivity contribution in [2.45, 2.75) is 59.0 Å². The molecule has 0 saturated heterocycles. The number of hydrogen-bond acceptors (Lipinski definition) is 2. The van der Waals surface area contributed by atoms with Crippen molar-refractivity contribution < 1.29 is 4.74 Å². The molecule has 102 valence electrons. The highest BCUT2D eigenvalue weighted by Gasteiger charge is 2.01. The number of rotatable bonds is 9. The van der Waals surface area contributed by atoms with Crippen LogP contribution in [0, 0.1) is 0 Å². The zero-order valence-electron chi connectivity index (χ0n) is 12.0. The minimum Gasteiger partial charge on any atom is -0.491 e. The lowest BCUT2D eigenvalue weighted by Gasteiger charge is -2.14. The first-order chi connectivity index (χ1) is 8.76. The van der Waals surface area contributed by atoms with Gasteiger partial charge in [0, 0.05) is 18.3 Å². The number of unbranched alkanes of at least 4 members (excludes halogenated alkanes) is 3. The van der Waals surface area contributed by atoms with Crippen LogP contribution < -0.4 is 10.1 Å². The van der Waals surface area contributed by atoms with E-state index in [4.69, 9.17) is 4.74 Å². The first-order valence-corrected chi connectivity index (χ1v) is 7.26. The Hall–Kier alpha value is -1.18. The number of ether oxygens (including phenoxy) is 1. The van der Waals surface area contributed by atoms with Crippen LogP contribution in [0.25, 0.3) is 0 Å². The number of hydrogen-bond donors (Lipinski definition) is 1. The van der Waals surface area contributed by atoms with Crippen molar-refractivity contribution in [1.29, 1.82) is 0 Å². The van der Waals surface area contributed by atoms with Crippen molar-refractivity contribution >= 4 is 5.69 Å². The van der Waals surface area contributed by atoms with Gasteiger partial charge in [-0.25, -0.2) is 0 Å². The molecule has 1 unspecified atom stereocenters. The van der Waals surface area contributed by atoms with E-state index in [2.05, 4.69) is 38.2 Å². The SMILES string of the molecule is CCCCCCNc1cccc(OC(C)CC)c1. The molecule has 1 atom stereocenters. The quantitative estimate of drug-likeness (QED) is 0.631. The van der Waals surface area contributed by atoms with Crippen molar-refractivity contribution in [3.8, 4) is 5.75 Å². The molecule has 2 nitrogen and oxygen atoms in total. The molecule has 0 bridgehead atoms. The van der Waals surface area contributed by atoms with Crippen LogP contribution in [0.1, 0.15) is 52.9 Å². The van der Waals surface area contributed by atoms with Crippen LogP contribution in [-0.4, -0.2) is 12.6 Å². The Balaban J connectivity index is 2.35. The smallest absolute Gasteiger partial charge is 0.121 e. The van der Waals surface area contributed by atoms with Gasteiger partial charge in [-0.05, 0) is 31.9 Å². The molecule has 1 aromatic carbocycles. The van der Waals surface area contributed by atoms with Gasteiger partial charge in [-0.1, -0.05) is 39.2 Å². The van der Waals surface area contributed by atoms with Crippen LogP contribution >= 0.6 is 0 Å². The molecule has 1 rings (SSSR count). The normalized spacial score (nSPS) is 12.2. The number of benzene rings is 1. The molecule has 1 aromatic rings. The molecule has 0 aliphatic carbocycles. The largest absolute Gasteiger partial charge is 0.491 e. The highest BCUT2D eigenvalue weighted by atomic mass is 16.5. The molecule has 1 N–H and O–H groups in total. The lowest BCUT2D eigenvalue weighted by atomic mass is 10.2. The van der Waals surface area contributed by atoms with Gasteiger partial charge < -0.3 is 10.1 Å². The summed E-state index contributed by atoms with van der Waals surface area (Å²) in [6, 6.07) is 8.26. The van der Waals surface area contributed by atoms with Crippen LogP contribution in [0.3, 0.4) is 0 Å². The third kappa shape index (κ3) is 5.95. The summed E-state index contributed by atoms with van der Waals surface area (Å²) in [5, 5.41) is 3.46. The fraction of sp³-hybridized carbons (Fsp3) is 0.625. The van der Waals surface area contributed by atoms with Crippen LogP contribution in [0.15, 0.2) is 24.3 Å². The first kappa shape index (κ1) is 14.9. The molecule has 0 amide bonds. The Kier molecular flexibility index (Phi) is 7.31. The van der Waals surface area contributed by atoms with E-state index in [9.17, 15) is 0 Å². The maximum Gasteiger partial charge on any atom is 0.121 e. The molecular formula is C16H27NO. The van der Waals surface area contributed by atoms with Gasteiger partial charge in [0.25, 0.3) is 0 Å². The van der Waals surface area contributed by atoms with E-state index in [1.54, 1.807) is 0 Å². The summed E-state index contributed by atoms with van der Waals surface area (Å²) in [5.41, 5.74) is 1.16. The van der Waals surface area contributed by atoms with E-state index in [-0.39, 0.29) is 6.10 Å². The average molecular weight is 249 g/mol. The lowest BCUT2D eigenvalue weighted by Crippen LogP contribution is -2.10. The summed E-state index contributed by atoms with van der Waals surface area (Å²) in [4.78, 5) is 0. The molecule has 2 heteroatoms. The maximum absolute atomic E-state index is 5.81. The summed E-state index contributed by atoms with van der Waals surface area (Å²) >= 11 is 0. The summed E-state index contributed by atoms with van der Waals surface area (Å²) in [6.45, 7) is 7.53. The maximum atomic E-state index is 5.81. The summed E-state index contributed by atoms with van der Waals surface area (Å²) in [5.74, 6) is 0.961. The molecule has 0 heterocycles. The van der Waals surface area contributed by atoms with E-state index in [0.717, 1.165) is 24.4 Å². The fourth-order valence-corrected chi connectivity index (χ4v) is 1.78. The predicted molar refractivity (Wildman–Crippen MR) is 79.5 cm³/mol. The molecule has 0 aliphatic heterocycles. The zero-order chi connectivity index (χ0) is 13.2. The van der Waals surface area contributed by atoms with E-state index < -0.39 is 0 Å². The van der Waals surface area contributed by atoms with Gasteiger partial charge in [-0.2, -0.15) is 0 Å². The highest BCUT2D eigenvalue weighted by molar-refractivity contribution is 5.48. The van der Waals surface area contributed by atoms with E-state index in [1.165, 1.54) is 25.7 Å². The van der Waals surface area contributed by atoms with Crippen molar-refractivity contribution in [2.24, 2.45) is 0 Å². The Morgan fingerprint density at radius 2 is 2.00 bits per heavy atom. The Bertz CT molecular complexity index is 325. The summed E-state index contributed by atoms with van der Waals surface area (Å²) in [7, 11) is 0. The monoisotopic (exact) mass is 249 g/mol. The molecule has 0 spiro atoms. The van der Waals surface area contributed by atoms with Gasteiger partial charge in [0.05, 0.1) is 6.10 Å². The molecular weight excluding hydrogens is 222 g/mol. The third-order valence-corrected chi connectivity index (χ3v) is 3.11. The highest BCUT2D eigenvalue weighted by Crippen LogP contribution is 2.19. The van der Waals surface area contributed by atoms with Crippen LogP contribution in [0.4, 0.5) is 5.69 Å². The van der Waals surface area contributed by atoms with Gasteiger partial charge in [-0.3, -0.25) is 0 Å². The summed E-state index contributed by atoms with van der Waals surface area (Å²) in [6.07, 6.45) is 6.49. The van der Waals surface area contributed by atoms with Crippen molar-refractivity contribution in [3.05, 3.63) is 24.3 Å². The predicted octanol–water partition coefficient (Wildman–Crippen LogP) is 4.86. The Labute approximate surface area is 112 Å². The fourth-order valence-electron chi connectivity index (χ4n) is 1.78. The second-order valence-electron chi connectivity index (χ2n) is 4.85. The van der Waals surface area contributed by atoms with Crippen molar-refractivity contribution in [2.75, 3.05) is 11.9 Å². The van der Waals surface area contributed by atoms with Crippen molar-refractivity contribution in [3.63, 3.8) is 0 Å². The average Bonchev–Trinajstić information content (AvgIpc) is 2.39. The minimum atomic E-state index is 0.282. The lowest BCUT2D eigenvalue weighted by molar-refractivity contribution is 0.217. The molecule has 0 fully saturated rings. The third-order valence-electron chi connectivity index (χ3n) is 3.11. The summed E-state index contributed by atoms with van der Waals surface area (Å²) < 4.78 is 5.81. The zero-order valence-corrected chi connectivity index (χ0v) is 12.0. The number of nitrogens with one attached hydrogen (secondary N) is 1. The van der Waals surface area contributed by atoms with Crippen LogP contribution in [-0.2, 0) is 0 Å². The number of anilines is 1. The van der Waals surface area contributed by atoms with Gasteiger partial charge >= 0.3 is 0 Å². The molecule has 0 aromatic heterocycles. The van der Waals surface area contributed by atoms with Gasteiger partial charge in [0.1, 0.15) is 5.75 Å². The molecule has 18 heavy (non-hydrogen) atoms. The Morgan fingerprint density at radius 3 is 2.72 bits per heavy atom. The van der Waals surface area contributed by atoms with Gasteiger partial charge in [-0.15, -0.1) is 0 Å². The molecule has 0 radical (unpaired) electrons. The van der Waals surface area contributed by atoms with Gasteiger partial charge in [0.2, 0.25) is 0 Å². The van der Waals surface area contributed by atoms with Crippen LogP contribution in [0.2, 0.25) is 0 Å². The molecule has 0 aliphatic rings. The van der Waals surface area contributed by atoms with Crippen molar-refractivity contribution in [1.82, 2.24) is 0 Å². The van der Waals surface area contributed by atoms with E-state index >= 15 is 0 Å².